The Balaban J connectivity index is 1.40. The highest BCUT2D eigenvalue weighted by Gasteiger charge is 2.53. The number of nitrogens with zero attached hydrogens (tertiary/aromatic N) is 2. The van der Waals surface area contributed by atoms with Crippen LogP contribution in [0.4, 0.5) is 0 Å². The molecule has 1 unspecified atom stereocenters. The zero-order chi connectivity index (χ0) is 17.4. The van der Waals surface area contributed by atoms with Gasteiger partial charge < -0.3 is 15.0 Å². The number of aryl methyl sites for hydroxylation is 2. The molecule has 0 bridgehead atoms. The van der Waals surface area contributed by atoms with Gasteiger partial charge >= 0.3 is 0 Å². The fourth-order valence-corrected chi connectivity index (χ4v) is 4.39. The van der Waals surface area contributed by atoms with E-state index >= 15 is 0 Å². The molecule has 0 amide bonds. The molecule has 0 aromatic heterocycles. The molecule has 3 aliphatic rings. The summed E-state index contributed by atoms with van der Waals surface area (Å²) in [6.07, 6.45) is 5.80. The Hall–Kier alpha value is -1.55. The number of morpholine rings is 1. The standard InChI is InChI=1S/C21H31N3O/c1-15-4-7-18(16(2)12-15)19-13-24(10-11-25-19)20(22-3)23-14-21(8-9-21)17-5-6-17/h4,7,12,17,19H,5-6,8-11,13-14H2,1-3H3,(H,22,23). The number of aliphatic imine (C=N–C) groups is 1. The second-order valence-electron chi connectivity index (χ2n) is 8.20. The van der Waals surface area contributed by atoms with Gasteiger partial charge in [-0.3, -0.25) is 4.99 Å². The zero-order valence-corrected chi connectivity index (χ0v) is 15.8. The number of nitrogens with one attached hydrogen (secondary N) is 1. The van der Waals surface area contributed by atoms with Crippen LogP contribution in [0.2, 0.25) is 0 Å². The molecule has 0 spiro atoms. The highest BCUT2D eigenvalue weighted by atomic mass is 16.5. The molecule has 1 N–H and O–H groups in total. The van der Waals surface area contributed by atoms with Gasteiger partial charge in [0.2, 0.25) is 0 Å². The predicted molar refractivity (Wildman–Crippen MR) is 102 cm³/mol. The molecular formula is C21H31N3O. The molecule has 3 fully saturated rings. The van der Waals surface area contributed by atoms with Crippen LogP contribution in [0.25, 0.3) is 0 Å². The summed E-state index contributed by atoms with van der Waals surface area (Å²) in [5.74, 6) is 2.02. The molecule has 2 aliphatic carbocycles. The van der Waals surface area contributed by atoms with Crippen LogP contribution in [0.15, 0.2) is 23.2 Å². The third-order valence-electron chi connectivity index (χ3n) is 6.28. The van der Waals surface area contributed by atoms with E-state index in [0.29, 0.717) is 5.41 Å². The Morgan fingerprint density at radius 2 is 2.12 bits per heavy atom. The summed E-state index contributed by atoms with van der Waals surface area (Å²) in [6.45, 7) is 7.97. The molecule has 136 valence electrons. The van der Waals surface area contributed by atoms with Gasteiger partial charge in [0, 0.05) is 20.1 Å². The lowest BCUT2D eigenvalue weighted by Crippen LogP contribution is -2.49. The van der Waals surface area contributed by atoms with Gasteiger partial charge in [-0.1, -0.05) is 23.8 Å². The van der Waals surface area contributed by atoms with Crippen molar-refractivity contribution in [1.29, 1.82) is 0 Å². The van der Waals surface area contributed by atoms with E-state index in [0.717, 1.165) is 38.1 Å². The van der Waals surface area contributed by atoms with Crippen LogP contribution in [0.5, 0.6) is 0 Å². The first-order chi connectivity index (χ1) is 12.1. The maximum absolute atomic E-state index is 6.09. The molecule has 1 aromatic carbocycles. The van der Waals surface area contributed by atoms with Crippen LogP contribution >= 0.6 is 0 Å². The molecule has 1 aliphatic heterocycles. The minimum absolute atomic E-state index is 0.131. The topological polar surface area (TPSA) is 36.9 Å². The summed E-state index contributed by atoms with van der Waals surface area (Å²) in [5.41, 5.74) is 4.53. The number of benzene rings is 1. The van der Waals surface area contributed by atoms with Crippen LogP contribution in [0.3, 0.4) is 0 Å². The largest absolute Gasteiger partial charge is 0.370 e. The molecule has 1 saturated heterocycles. The van der Waals surface area contributed by atoms with Crippen molar-refractivity contribution < 1.29 is 4.74 Å². The van der Waals surface area contributed by atoms with E-state index in [9.17, 15) is 0 Å². The molecule has 2 saturated carbocycles. The summed E-state index contributed by atoms with van der Waals surface area (Å²) in [7, 11) is 1.90. The van der Waals surface area contributed by atoms with E-state index in [1.165, 1.54) is 42.4 Å². The van der Waals surface area contributed by atoms with Gasteiger partial charge in [-0.2, -0.15) is 0 Å². The average molecular weight is 341 g/mol. The fourth-order valence-electron chi connectivity index (χ4n) is 4.39. The highest BCUT2D eigenvalue weighted by molar-refractivity contribution is 5.80. The van der Waals surface area contributed by atoms with Gasteiger partial charge in [-0.25, -0.2) is 0 Å². The van der Waals surface area contributed by atoms with Crippen LogP contribution in [-0.2, 0) is 4.74 Å². The molecule has 0 radical (unpaired) electrons. The molecule has 25 heavy (non-hydrogen) atoms. The molecular weight excluding hydrogens is 310 g/mol. The average Bonchev–Trinajstić information content (AvgIpc) is 3.49. The van der Waals surface area contributed by atoms with E-state index in [1.807, 2.05) is 7.05 Å². The van der Waals surface area contributed by atoms with E-state index in [4.69, 9.17) is 4.74 Å². The first-order valence-electron chi connectivity index (χ1n) is 9.76. The third kappa shape index (κ3) is 3.55. The minimum Gasteiger partial charge on any atom is -0.370 e. The minimum atomic E-state index is 0.131. The lowest BCUT2D eigenvalue weighted by molar-refractivity contribution is -0.00841. The van der Waals surface area contributed by atoms with Crippen molar-refractivity contribution in [2.75, 3.05) is 33.3 Å². The maximum atomic E-state index is 6.09. The summed E-state index contributed by atoms with van der Waals surface area (Å²) in [5, 5.41) is 3.68. The summed E-state index contributed by atoms with van der Waals surface area (Å²) >= 11 is 0. The van der Waals surface area contributed by atoms with Crippen LogP contribution < -0.4 is 5.32 Å². The quantitative estimate of drug-likeness (QED) is 0.673. The second-order valence-corrected chi connectivity index (χ2v) is 8.20. The van der Waals surface area contributed by atoms with Gasteiger partial charge in [0.25, 0.3) is 0 Å². The number of hydrogen-bond acceptors (Lipinski definition) is 2. The van der Waals surface area contributed by atoms with Gasteiger partial charge in [0.1, 0.15) is 6.10 Å². The Morgan fingerprint density at radius 3 is 2.76 bits per heavy atom. The first-order valence-corrected chi connectivity index (χ1v) is 9.76. The molecule has 4 nitrogen and oxygen atoms in total. The van der Waals surface area contributed by atoms with Gasteiger partial charge in [-0.05, 0) is 62.0 Å². The van der Waals surface area contributed by atoms with E-state index in [-0.39, 0.29) is 6.10 Å². The van der Waals surface area contributed by atoms with Crippen LogP contribution in [-0.4, -0.2) is 44.1 Å². The van der Waals surface area contributed by atoms with Gasteiger partial charge in [0.05, 0.1) is 13.2 Å². The van der Waals surface area contributed by atoms with Gasteiger partial charge in [0.15, 0.2) is 5.96 Å². The first kappa shape index (κ1) is 16.9. The van der Waals surface area contributed by atoms with Gasteiger partial charge in [-0.15, -0.1) is 0 Å². The highest BCUT2D eigenvalue weighted by Crippen LogP contribution is 2.60. The lowest BCUT2D eigenvalue weighted by atomic mass is 10.00. The van der Waals surface area contributed by atoms with Crippen molar-refractivity contribution in [2.45, 2.75) is 45.6 Å². The van der Waals surface area contributed by atoms with E-state index in [2.05, 4.69) is 47.3 Å². The smallest absolute Gasteiger partial charge is 0.193 e. The lowest BCUT2D eigenvalue weighted by Gasteiger charge is -2.36. The molecule has 4 rings (SSSR count). The maximum Gasteiger partial charge on any atom is 0.193 e. The van der Waals surface area contributed by atoms with E-state index in [1.54, 1.807) is 0 Å². The predicted octanol–water partition coefficient (Wildman–Crippen LogP) is 3.44. The van der Waals surface area contributed by atoms with Crippen LogP contribution in [0, 0.1) is 25.2 Å². The van der Waals surface area contributed by atoms with Crippen LogP contribution in [0.1, 0.15) is 48.5 Å². The molecule has 1 aromatic rings. The Kier molecular flexibility index (Phi) is 4.48. The fraction of sp³-hybridized carbons (Fsp3) is 0.667. The summed E-state index contributed by atoms with van der Waals surface area (Å²) < 4.78 is 6.09. The molecule has 1 heterocycles. The Morgan fingerprint density at radius 1 is 1.32 bits per heavy atom. The SMILES string of the molecule is CN=C(NCC1(C2CC2)CC1)N1CCOC(c2ccc(C)cc2C)C1. The number of hydrogen-bond donors (Lipinski definition) is 1. The van der Waals surface area contributed by atoms with Crippen molar-refractivity contribution in [2.24, 2.45) is 16.3 Å². The van der Waals surface area contributed by atoms with Crippen molar-refractivity contribution in [3.05, 3.63) is 34.9 Å². The number of rotatable bonds is 4. The third-order valence-corrected chi connectivity index (χ3v) is 6.28. The zero-order valence-electron chi connectivity index (χ0n) is 15.8. The summed E-state index contributed by atoms with van der Waals surface area (Å²) in [4.78, 5) is 6.93. The normalized spacial score (nSPS) is 25.8. The summed E-state index contributed by atoms with van der Waals surface area (Å²) in [6, 6.07) is 6.66. The molecule has 4 heteroatoms. The van der Waals surface area contributed by atoms with Crippen molar-refractivity contribution in [1.82, 2.24) is 10.2 Å². The molecule has 1 atom stereocenters. The second kappa shape index (κ2) is 6.64. The monoisotopic (exact) mass is 341 g/mol. The van der Waals surface area contributed by atoms with Crippen molar-refractivity contribution in [3.63, 3.8) is 0 Å². The van der Waals surface area contributed by atoms with Crippen molar-refractivity contribution >= 4 is 5.96 Å². The Labute approximate surface area is 151 Å². The Bertz CT molecular complexity index is 661. The number of ether oxygens (including phenoxy) is 1. The number of guanidine groups is 1. The van der Waals surface area contributed by atoms with E-state index < -0.39 is 0 Å². The van der Waals surface area contributed by atoms with Crippen molar-refractivity contribution in [3.8, 4) is 0 Å².